The van der Waals surface area contributed by atoms with E-state index < -0.39 is 0 Å². The summed E-state index contributed by atoms with van der Waals surface area (Å²) in [5.74, 6) is 2.15. The molecule has 1 saturated heterocycles. The van der Waals surface area contributed by atoms with E-state index in [1.165, 1.54) is 12.2 Å². The van der Waals surface area contributed by atoms with Crippen LogP contribution in [0.1, 0.15) is 46.5 Å². The summed E-state index contributed by atoms with van der Waals surface area (Å²) >= 11 is 2.02. The molecule has 0 radical (unpaired) electrons. The Labute approximate surface area is 133 Å². The van der Waals surface area contributed by atoms with Gasteiger partial charge in [-0.15, -0.1) is 0 Å². The summed E-state index contributed by atoms with van der Waals surface area (Å²) in [6.07, 6.45) is 4.82. The molecule has 1 saturated carbocycles. The van der Waals surface area contributed by atoms with Crippen LogP contribution in [0.2, 0.25) is 0 Å². The molecule has 0 aromatic carbocycles. The van der Waals surface area contributed by atoms with Gasteiger partial charge in [-0.05, 0) is 37.4 Å². The molecule has 2 N–H and O–H groups in total. The van der Waals surface area contributed by atoms with E-state index in [0.29, 0.717) is 24.0 Å². The minimum Gasteiger partial charge on any atom is -0.378 e. The molecule has 1 aliphatic carbocycles. The molecule has 2 rings (SSSR count). The molecule has 0 aromatic rings. The highest BCUT2D eigenvalue weighted by Gasteiger charge is 2.31. The summed E-state index contributed by atoms with van der Waals surface area (Å²) in [7, 11) is 0. The number of ether oxygens (including phenoxy) is 1. The van der Waals surface area contributed by atoms with Gasteiger partial charge in [0.2, 0.25) is 0 Å². The highest BCUT2D eigenvalue weighted by atomic mass is 32.2. The van der Waals surface area contributed by atoms with Crippen LogP contribution in [0.4, 0.5) is 4.79 Å². The van der Waals surface area contributed by atoms with E-state index in [0.717, 1.165) is 37.7 Å². The van der Waals surface area contributed by atoms with Gasteiger partial charge in [-0.25, -0.2) is 4.79 Å². The van der Waals surface area contributed by atoms with Crippen LogP contribution in [0.25, 0.3) is 0 Å². The van der Waals surface area contributed by atoms with Gasteiger partial charge in [0, 0.05) is 30.4 Å². The first kappa shape index (κ1) is 16.9. The molecule has 0 aromatic heterocycles. The average Bonchev–Trinajstić information content (AvgIpc) is 3.06. The number of carbonyl (C=O) groups excluding carboxylic acids is 1. The standard InChI is InChI=1S/C16H30N2O2S/c1-4-21-14-6-5-13(9-14)18-16(19)17-10-12-7-8-20-15(12)11(2)3/h11-15H,4-10H2,1-3H3,(H2,17,18,19)/t12-,13+,14-,15-/m1/s1. The summed E-state index contributed by atoms with van der Waals surface area (Å²) in [5, 5.41) is 6.91. The minimum atomic E-state index is -0.00319. The van der Waals surface area contributed by atoms with Gasteiger partial charge in [0.1, 0.15) is 0 Å². The minimum absolute atomic E-state index is 0.00319. The van der Waals surface area contributed by atoms with Gasteiger partial charge in [0.15, 0.2) is 0 Å². The van der Waals surface area contributed by atoms with E-state index >= 15 is 0 Å². The van der Waals surface area contributed by atoms with Gasteiger partial charge in [-0.3, -0.25) is 0 Å². The summed E-state index contributed by atoms with van der Waals surface area (Å²) < 4.78 is 5.76. The van der Waals surface area contributed by atoms with Crippen molar-refractivity contribution in [2.24, 2.45) is 11.8 Å². The van der Waals surface area contributed by atoms with E-state index in [9.17, 15) is 4.79 Å². The fourth-order valence-electron chi connectivity index (χ4n) is 3.53. The molecule has 2 fully saturated rings. The number of rotatable bonds is 6. The quantitative estimate of drug-likeness (QED) is 0.792. The van der Waals surface area contributed by atoms with Crippen molar-refractivity contribution in [2.45, 2.75) is 63.9 Å². The third-order valence-corrected chi connectivity index (χ3v) is 5.80. The van der Waals surface area contributed by atoms with Crippen molar-refractivity contribution in [2.75, 3.05) is 18.9 Å². The number of carbonyl (C=O) groups is 1. The topological polar surface area (TPSA) is 50.4 Å². The largest absolute Gasteiger partial charge is 0.378 e. The first-order valence-electron chi connectivity index (χ1n) is 8.37. The number of urea groups is 1. The van der Waals surface area contributed by atoms with E-state index in [2.05, 4.69) is 31.4 Å². The van der Waals surface area contributed by atoms with Crippen LogP contribution in [-0.4, -0.2) is 42.3 Å². The summed E-state index contributed by atoms with van der Waals surface area (Å²) in [6, 6.07) is 0.353. The zero-order valence-corrected chi connectivity index (χ0v) is 14.4. The van der Waals surface area contributed by atoms with Crippen molar-refractivity contribution in [1.29, 1.82) is 0 Å². The maximum Gasteiger partial charge on any atom is 0.315 e. The van der Waals surface area contributed by atoms with Gasteiger partial charge < -0.3 is 15.4 Å². The monoisotopic (exact) mass is 314 g/mol. The van der Waals surface area contributed by atoms with Crippen LogP contribution in [-0.2, 0) is 4.74 Å². The molecule has 0 bridgehead atoms. The molecule has 0 spiro atoms. The molecule has 2 amide bonds. The Morgan fingerprint density at radius 1 is 1.33 bits per heavy atom. The highest BCUT2D eigenvalue weighted by molar-refractivity contribution is 7.99. The number of hydrogen-bond donors (Lipinski definition) is 2. The maximum absolute atomic E-state index is 12.0. The van der Waals surface area contributed by atoms with Crippen LogP contribution in [0.3, 0.4) is 0 Å². The molecule has 4 nitrogen and oxygen atoms in total. The van der Waals surface area contributed by atoms with Crippen molar-refractivity contribution in [3.05, 3.63) is 0 Å². The van der Waals surface area contributed by atoms with E-state index in [1.807, 2.05) is 11.8 Å². The Kier molecular flexibility index (Phi) is 6.68. The fourth-order valence-corrected chi connectivity index (χ4v) is 4.67. The first-order valence-corrected chi connectivity index (χ1v) is 9.42. The van der Waals surface area contributed by atoms with Gasteiger partial charge in [0.25, 0.3) is 0 Å². The molecular weight excluding hydrogens is 284 g/mol. The van der Waals surface area contributed by atoms with Crippen molar-refractivity contribution < 1.29 is 9.53 Å². The van der Waals surface area contributed by atoms with Crippen molar-refractivity contribution in [1.82, 2.24) is 10.6 Å². The van der Waals surface area contributed by atoms with Crippen molar-refractivity contribution in [3.8, 4) is 0 Å². The van der Waals surface area contributed by atoms with Crippen LogP contribution >= 0.6 is 11.8 Å². The second kappa shape index (κ2) is 8.28. The van der Waals surface area contributed by atoms with E-state index in [4.69, 9.17) is 4.74 Å². The molecular formula is C16H30N2O2S. The highest BCUT2D eigenvalue weighted by Crippen LogP contribution is 2.29. The summed E-state index contributed by atoms with van der Waals surface area (Å²) in [5.41, 5.74) is 0. The predicted molar refractivity (Wildman–Crippen MR) is 88.8 cm³/mol. The Balaban J connectivity index is 1.66. The first-order chi connectivity index (χ1) is 10.1. The molecule has 0 unspecified atom stereocenters. The number of thioether (sulfide) groups is 1. The van der Waals surface area contributed by atoms with E-state index in [1.54, 1.807) is 0 Å². The molecule has 2 aliphatic rings. The Hall–Kier alpha value is -0.420. The van der Waals surface area contributed by atoms with Crippen molar-refractivity contribution >= 4 is 17.8 Å². The van der Waals surface area contributed by atoms with Crippen LogP contribution in [0.5, 0.6) is 0 Å². The molecule has 4 atom stereocenters. The SMILES string of the molecule is CCS[C@@H]1CC[C@H](NC(=O)NC[C@H]2CCO[C@@H]2C(C)C)C1. The Bertz CT molecular complexity index is 338. The van der Waals surface area contributed by atoms with Crippen molar-refractivity contribution in [3.63, 3.8) is 0 Å². The molecule has 5 heteroatoms. The maximum atomic E-state index is 12.0. The summed E-state index contributed by atoms with van der Waals surface area (Å²) in [4.78, 5) is 12.0. The lowest BCUT2D eigenvalue weighted by Gasteiger charge is -2.22. The fraction of sp³-hybridized carbons (Fsp3) is 0.938. The van der Waals surface area contributed by atoms with Gasteiger partial charge in [-0.2, -0.15) is 11.8 Å². The third-order valence-electron chi connectivity index (χ3n) is 4.57. The Morgan fingerprint density at radius 2 is 2.14 bits per heavy atom. The second-order valence-corrected chi connectivity index (χ2v) is 8.15. The zero-order valence-electron chi connectivity index (χ0n) is 13.6. The van der Waals surface area contributed by atoms with Gasteiger partial charge in [0.05, 0.1) is 6.10 Å². The number of nitrogens with one attached hydrogen (secondary N) is 2. The van der Waals surface area contributed by atoms with Crippen LogP contribution in [0, 0.1) is 11.8 Å². The summed E-state index contributed by atoms with van der Waals surface area (Å²) in [6.45, 7) is 8.14. The van der Waals surface area contributed by atoms with Crippen LogP contribution < -0.4 is 10.6 Å². The van der Waals surface area contributed by atoms with Gasteiger partial charge >= 0.3 is 6.03 Å². The van der Waals surface area contributed by atoms with Crippen LogP contribution in [0.15, 0.2) is 0 Å². The number of amides is 2. The molecule has 1 heterocycles. The molecule has 1 aliphatic heterocycles. The van der Waals surface area contributed by atoms with E-state index in [-0.39, 0.29) is 6.03 Å². The lowest BCUT2D eigenvalue weighted by molar-refractivity contribution is 0.0545. The lowest BCUT2D eigenvalue weighted by Crippen LogP contribution is -2.44. The smallest absolute Gasteiger partial charge is 0.315 e. The third kappa shape index (κ3) is 5.06. The lowest BCUT2D eigenvalue weighted by atomic mass is 9.93. The van der Waals surface area contributed by atoms with Gasteiger partial charge in [-0.1, -0.05) is 20.8 Å². The zero-order chi connectivity index (χ0) is 15.2. The molecule has 21 heavy (non-hydrogen) atoms. The normalized spacial score (nSPS) is 32.6. The average molecular weight is 314 g/mol. The Morgan fingerprint density at radius 3 is 2.86 bits per heavy atom. The molecule has 122 valence electrons. The second-order valence-electron chi connectivity index (χ2n) is 6.57. The predicted octanol–water partition coefficient (Wildman–Crippen LogP) is 3.02. The number of hydrogen-bond acceptors (Lipinski definition) is 3.